The number of fused-ring (bicyclic) bond motifs is 6. The Labute approximate surface area is 425 Å². The highest BCUT2D eigenvalue weighted by atomic mass is 32.2. The summed E-state index contributed by atoms with van der Waals surface area (Å²) < 4.78 is 189. The molecule has 3 aliphatic rings. The minimum atomic E-state index is -5.16. The molecule has 3 heterocycles. The smallest absolute Gasteiger partial charge is 0.335 e. The molecule has 7 rings (SSSR count). The second kappa shape index (κ2) is 20.2. The maximum absolute atomic E-state index is 12.8. The number of benzene rings is 4. The van der Waals surface area contributed by atoms with E-state index in [2.05, 4.69) is 0 Å². The highest BCUT2D eigenvalue weighted by molar-refractivity contribution is 7.87. The molecule has 0 saturated carbocycles. The van der Waals surface area contributed by atoms with Crippen LogP contribution in [0.3, 0.4) is 0 Å². The average Bonchev–Trinajstić information content (AvgIpc) is 3.81. The molecule has 400 valence electrons. The number of allylic oxidation sites excluding steroid dienone is 4. The lowest BCUT2D eigenvalue weighted by Gasteiger charge is -2.31. The van der Waals surface area contributed by atoms with Crippen LogP contribution in [0, 0.1) is 0 Å². The first-order valence-corrected chi connectivity index (χ1v) is 29.6. The predicted octanol–water partition coefficient (Wildman–Crippen LogP) is 3.90. The van der Waals surface area contributed by atoms with Crippen LogP contribution in [0.15, 0.2) is 92.0 Å². The number of nitrogens with zero attached hydrogens (tertiary/aromatic N) is 3. The predicted molar refractivity (Wildman–Crippen MR) is 262 cm³/mol. The van der Waals surface area contributed by atoms with Crippen molar-refractivity contribution in [1.82, 2.24) is 5.06 Å². The van der Waals surface area contributed by atoms with Crippen LogP contribution in [-0.4, -0.2) is 144 Å². The van der Waals surface area contributed by atoms with Crippen LogP contribution in [0.4, 0.5) is 11.4 Å². The number of amides is 2. The second-order valence-electron chi connectivity index (χ2n) is 18.2. The fraction of sp³-hybridized carbons (Fsp3) is 0.378. The Morgan fingerprint density at radius 3 is 1.80 bits per heavy atom. The number of hydrogen-bond donors (Lipinski definition) is 5. The largest absolute Gasteiger partial charge is 0.383 e. The summed E-state index contributed by atoms with van der Waals surface area (Å²) in [4.78, 5) is 39.7. The molecule has 0 aromatic heterocycles. The molecule has 1 unspecified atom stereocenters. The van der Waals surface area contributed by atoms with Gasteiger partial charge in [-0.3, -0.25) is 32.4 Å². The number of hydroxylamine groups is 2. The molecule has 29 heteroatoms. The number of rotatable bonds is 20. The lowest BCUT2D eigenvalue weighted by atomic mass is 9.75. The third-order valence-corrected chi connectivity index (χ3v) is 17.3. The zero-order valence-corrected chi connectivity index (χ0v) is 43.9. The maximum Gasteiger partial charge on any atom is 0.335 e. The van der Waals surface area contributed by atoms with Gasteiger partial charge >= 0.3 is 5.97 Å². The van der Waals surface area contributed by atoms with E-state index in [0.717, 1.165) is 12.1 Å². The Balaban J connectivity index is 1.39. The van der Waals surface area contributed by atoms with E-state index >= 15 is 0 Å². The zero-order chi connectivity index (χ0) is 54.7. The van der Waals surface area contributed by atoms with Gasteiger partial charge in [0.05, 0.1) is 40.6 Å². The number of ether oxygens (including phenoxy) is 2. The number of hydrogen-bond acceptors (Lipinski definition) is 17. The SMILES string of the molecule is COCCN1C(=CC=CC2=[N+](CCOCCC(=O)ON3C(=O)CCC3=O)c3ccc4c(S(=O)(=O)O)cc(S(=O)(=O)O)cc4c3C2(C)C)C(C)(CCCS(=O)(=O)O)c2c1ccc1c(S(=O)(=O)O)cc(S(=O)(=O)O)cc21. The van der Waals surface area contributed by atoms with E-state index in [-0.39, 0.29) is 92.1 Å². The van der Waals surface area contributed by atoms with Crippen LogP contribution in [0.1, 0.15) is 64.0 Å². The Morgan fingerprint density at radius 1 is 0.716 bits per heavy atom. The van der Waals surface area contributed by atoms with Gasteiger partial charge in [-0.25, -0.2) is 4.79 Å². The summed E-state index contributed by atoms with van der Waals surface area (Å²) >= 11 is 0. The van der Waals surface area contributed by atoms with Gasteiger partial charge in [-0.1, -0.05) is 12.1 Å². The lowest BCUT2D eigenvalue weighted by molar-refractivity contribution is -0.442. The number of imide groups is 1. The van der Waals surface area contributed by atoms with Crippen molar-refractivity contribution < 1.29 is 98.1 Å². The topological polar surface area (TPSA) is 360 Å². The standard InChI is InChI=1S/C45H49N3O21S5/c1-44(2)37(46(18-21-68-19-15-41(51)69-48-39(49)13-14-40(48)50)33-11-9-29-31(42(33)44)23-27(71(55,56)57)25-35(29)73(61,62)63)7-5-8-38-45(3,16-6-22-70(52,53)54)43-32-24-28(72(58,59)60)26-36(74(64,65)66)30(32)10-12-34(43)47(38)17-20-67-4/h5,7-12,23-26H,6,13-22H2,1-4H3,(H4-,52,53,54,55,56,57,58,59,60,61,62,63,64,65,66)/p+1. The van der Waals surface area contributed by atoms with Crippen molar-refractivity contribution >= 4 is 107 Å². The van der Waals surface area contributed by atoms with Gasteiger partial charge < -0.3 is 19.2 Å². The van der Waals surface area contributed by atoms with Gasteiger partial charge in [-0.15, -0.1) is 5.06 Å². The molecule has 74 heavy (non-hydrogen) atoms. The van der Waals surface area contributed by atoms with Crippen molar-refractivity contribution in [3.8, 4) is 0 Å². The molecule has 3 aliphatic heterocycles. The first kappa shape index (κ1) is 56.2. The van der Waals surface area contributed by atoms with Gasteiger partial charge in [0.15, 0.2) is 12.3 Å². The van der Waals surface area contributed by atoms with E-state index in [0.29, 0.717) is 45.5 Å². The molecule has 5 N–H and O–H groups in total. The van der Waals surface area contributed by atoms with E-state index < -0.39 is 105 Å². The van der Waals surface area contributed by atoms with Crippen LogP contribution < -0.4 is 4.90 Å². The number of methoxy groups -OCH3 is 1. The molecule has 0 bridgehead atoms. The molecular weight excluding hydrogens is 1080 g/mol. The minimum Gasteiger partial charge on any atom is -0.383 e. The van der Waals surface area contributed by atoms with Crippen molar-refractivity contribution in [2.45, 2.75) is 83.3 Å². The van der Waals surface area contributed by atoms with E-state index in [1.165, 1.54) is 31.4 Å². The number of anilines is 1. The molecule has 2 amide bonds. The van der Waals surface area contributed by atoms with E-state index in [4.69, 9.17) is 14.3 Å². The van der Waals surface area contributed by atoms with E-state index in [1.807, 2.05) is 0 Å². The summed E-state index contributed by atoms with van der Waals surface area (Å²) in [6.07, 6.45) is 3.93. The van der Waals surface area contributed by atoms with Crippen molar-refractivity contribution in [2.24, 2.45) is 0 Å². The average molecular weight is 1130 g/mol. The third-order valence-electron chi connectivity index (χ3n) is 13.0. The summed E-state index contributed by atoms with van der Waals surface area (Å²) in [6, 6.07) is 8.94. The van der Waals surface area contributed by atoms with Crippen LogP contribution in [0.5, 0.6) is 0 Å². The molecule has 0 radical (unpaired) electrons. The van der Waals surface area contributed by atoms with Gasteiger partial charge in [-0.05, 0) is 92.4 Å². The molecule has 1 saturated heterocycles. The van der Waals surface area contributed by atoms with Crippen LogP contribution >= 0.6 is 0 Å². The molecular formula is C45H50N3O21S5+. The molecule has 4 aromatic rings. The van der Waals surface area contributed by atoms with Gasteiger partial charge in [0, 0.05) is 71.8 Å². The number of carbonyl (C=O) groups excluding carboxylic acids is 3. The van der Waals surface area contributed by atoms with Gasteiger partial charge in [0.2, 0.25) is 5.69 Å². The highest BCUT2D eigenvalue weighted by Crippen LogP contribution is 2.54. The van der Waals surface area contributed by atoms with Gasteiger partial charge in [0.1, 0.15) is 16.4 Å². The number of carbonyl (C=O) groups is 3. The van der Waals surface area contributed by atoms with E-state index in [1.54, 1.807) is 48.5 Å². The van der Waals surface area contributed by atoms with Crippen molar-refractivity contribution in [2.75, 3.05) is 50.7 Å². The maximum atomic E-state index is 12.8. The molecule has 1 fully saturated rings. The summed E-state index contributed by atoms with van der Waals surface area (Å²) in [5, 5.41) is 0.0693. The van der Waals surface area contributed by atoms with E-state index in [9.17, 15) is 79.2 Å². The normalized spacial score (nSPS) is 19.0. The Hall–Kier alpha value is -5.57. The summed E-state index contributed by atoms with van der Waals surface area (Å²) in [6.45, 7) is 4.83. The summed E-state index contributed by atoms with van der Waals surface area (Å²) in [5.74, 6) is -3.01. The Kier molecular flexibility index (Phi) is 15.3. The zero-order valence-electron chi connectivity index (χ0n) is 39.8. The first-order chi connectivity index (χ1) is 34.2. The molecule has 4 aromatic carbocycles. The monoisotopic (exact) mass is 1130 g/mol. The Bertz CT molecular complexity index is 3720. The molecule has 1 atom stereocenters. The molecule has 24 nitrogen and oxygen atoms in total. The van der Waals surface area contributed by atoms with Crippen molar-refractivity contribution in [1.29, 1.82) is 0 Å². The first-order valence-electron chi connectivity index (χ1n) is 22.2. The van der Waals surface area contributed by atoms with Crippen LogP contribution in [-0.2, 0) is 90.1 Å². The van der Waals surface area contributed by atoms with Gasteiger partial charge in [-0.2, -0.15) is 46.7 Å². The lowest BCUT2D eigenvalue weighted by Crippen LogP contribution is -2.32. The fourth-order valence-corrected chi connectivity index (χ4v) is 13.0. The minimum absolute atomic E-state index is 0.000438. The highest BCUT2D eigenvalue weighted by Gasteiger charge is 2.48. The van der Waals surface area contributed by atoms with Crippen LogP contribution in [0.25, 0.3) is 21.5 Å². The van der Waals surface area contributed by atoms with Crippen molar-refractivity contribution in [3.63, 3.8) is 0 Å². The van der Waals surface area contributed by atoms with Gasteiger partial charge in [0.25, 0.3) is 62.4 Å². The quantitative estimate of drug-likeness (QED) is 0.0362. The van der Waals surface area contributed by atoms with Crippen LogP contribution in [0.2, 0.25) is 0 Å². The molecule has 0 spiro atoms. The summed E-state index contributed by atoms with van der Waals surface area (Å²) in [7, 11) is -23.6. The molecule has 0 aliphatic carbocycles. The van der Waals surface area contributed by atoms with Crippen molar-refractivity contribution in [3.05, 3.63) is 83.6 Å². The summed E-state index contributed by atoms with van der Waals surface area (Å²) in [5.41, 5.74) is -0.499. The Morgan fingerprint density at radius 2 is 1.27 bits per heavy atom. The third kappa shape index (κ3) is 11.2. The second-order valence-corrected chi connectivity index (χ2v) is 25.4. The fourth-order valence-electron chi connectivity index (χ4n) is 9.84.